The van der Waals surface area contributed by atoms with Crippen LogP contribution < -0.4 is 4.90 Å². The summed E-state index contributed by atoms with van der Waals surface area (Å²) in [6.45, 7) is 3.98. The highest BCUT2D eigenvalue weighted by Crippen LogP contribution is 2.30. The Labute approximate surface area is 170 Å². The minimum Gasteiger partial charge on any atom is -0.319 e. The summed E-state index contributed by atoms with van der Waals surface area (Å²) in [5.41, 5.74) is 4.52. The molecule has 0 radical (unpaired) electrons. The van der Waals surface area contributed by atoms with Crippen LogP contribution in [0, 0.1) is 0 Å². The highest BCUT2D eigenvalue weighted by molar-refractivity contribution is 7.99. The minimum atomic E-state index is 0.166. The number of fused-ring (bicyclic) bond motifs is 2. The molecule has 1 aliphatic rings. The van der Waals surface area contributed by atoms with E-state index in [2.05, 4.69) is 35.8 Å². The Kier molecular flexibility index (Phi) is 6.01. The van der Waals surface area contributed by atoms with E-state index in [1.807, 2.05) is 29.2 Å². The molecule has 2 aromatic carbocycles. The topological polar surface area (TPSA) is 38.1 Å². The van der Waals surface area contributed by atoms with E-state index in [1.165, 1.54) is 30.3 Å². The minimum absolute atomic E-state index is 0.166. The van der Waals surface area contributed by atoms with Gasteiger partial charge in [-0.05, 0) is 36.6 Å². The molecule has 0 atom stereocenters. The number of aryl methyl sites for hydroxylation is 1. The van der Waals surface area contributed by atoms with Crippen molar-refractivity contribution in [3.63, 3.8) is 0 Å². The van der Waals surface area contributed by atoms with Crippen LogP contribution in [0.2, 0.25) is 0 Å². The van der Waals surface area contributed by atoms with Crippen molar-refractivity contribution in [3.05, 3.63) is 54.1 Å². The maximum Gasteiger partial charge on any atom is 0.237 e. The van der Waals surface area contributed by atoms with Crippen LogP contribution in [0.5, 0.6) is 0 Å². The number of unbranched alkanes of at least 4 members (excludes halogenated alkanes) is 3. The Morgan fingerprint density at radius 2 is 1.89 bits per heavy atom. The van der Waals surface area contributed by atoms with Crippen LogP contribution >= 0.6 is 11.8 Å². The average Bonchev–Trinajstić information content (AvgIpc) is 3.31. The summed E-state index contributed by atoms with van der Waals surface area (Å²) in [7, 11) is 0. The van der Waals surface area contributed by atoms with E-state index in [0.717, 1.165) is 42.3 Å². The van der Waals surface area contributed by atoms with E-state index < -0.39 is 0 Å². The fourth-order valence-electron chi connectivity index (χ4n) is 3.88. The first kappa shape index (κ1) is 19.1. The number of para-hydroxylation sites is 3. The molecule has 0 N–H and O–H groups in total. The quantitative estimate of drug-likeness (QED) is 0.385. The van der Waals surface area contributed by atoms with Crippen molar-refractivity contribution in [2.75, 3.05) is 17.2 Å². The number of thioether (sulfide) groups is 1. The molecular formula is C23H27N3OS. The van der Waals surface area contributed by atoms with E-state index in [0.29, 0.717) is 5.75 Å². The predicted molar refractivity (Wildman–Crippen MR) is 117 cm³/mol. The maximum atomic E-state index is 12.9. The van der Waals surface area contributed by atoms with Gasteiger partial charge < -0.3 is 9.47 Å². The van der Waals surface area contributed by atoms with E-state index in [1.54, 1.807) is 11.8 Å². The van der Waals surface area contributed by atoms with Gasteiger partial charge in [-0.25, -0.2) is 4.98 Å². The number of rotatable bonds is 8. The molecule has 0 aliphatic carbocycles. The Morgan fingerprint density at radius 1 is 1.07 bits per heavy atom. The molecule has 146 valence electrons. The van der Waals surface area contributed by atoms with Crippen molar-refractivity contribution < 1.29 is 4.79 Å². The van der Waals surface area contributed by atoms with E-state index >= 15 is 0 Å². The highest BCUT2D eigenvalue weighted by Gasteiger charge is 2.24. The maximum absolute atomic E-state index is 12.9. The van der Waals surface area contributed by atoms with E-state index in [4.69, 9.17) is 4.98 Å². The van der Waals surface area contributed by atoms with Crippen molar-refractivity contribution in [1.29, 1.82) is 0 Å². The second-order valence-electron chi connectivity index (χ2n) is 7.31. The number of hydrogen-bond acceptors (Lipinski definition) is 3. The first-order valence-electron chi connectivity index (χ1n) is 10.2. The lowest BCUT2D eigenvalue weighted by Crippen LogP contribution is -2.30. The van der Waals surface area contributed by atoms with E-state index in [-0.39, 0.29) is 5.91 Å². The standard InChI is InChI=1S/C23H27N3OS/c1-2-3-4-9-15-26-21-13-8-6-11-19(21)24-23(26)28-17-22(27)25-16-14-18-10-5-7-12-20(18)25/h5-8,10-13H,2-4,9,14-17H2,1H3. The number of aromatic nitrogens is 2. The summed E-state index contributed by atoms with van der Waals surface area (Å²) in [6, 6.07) is 16.5. The fourth-order valence-corrected chi connectivity index (χ4v) is 4.79. The van der Waals surface area contributed by atoms with Crippen LogP contribution in [0.1, 0.15) is 38.2 Å². The van der Waals surface area contributed by atoms with Crippen molar-refractivity contribution in [2.45, 2.75) is 50.7 Å². The number of nitrogens with zero attached hydrogens (tertiary/aromatic N) is 3. The van der Waals surface area contributed by atoms with Crippen molar-refractivity contribution in [2.24, 2.45) is 0 Å². The van der Waals surface area contributed by atoms with Crippen molar-refractivity contribution in [1.82, 2.24) is 9.55 Å². The van der Waals surface area contributed by atoms with Gasteiger partial charge in [0.15, 0.2) is 5.16 Å². The van der Waals surface area contributed by atoms with Gasteiger partial charge in [-0.2, -0.15) is 0 Å². The smallest absolute Gasteiger partial charge is 0.237 e. The third-order valence-corrected chi connectivity index (χ3v) is 6.33. The molecule has 3 aromatic rings. The summed E-state index contributed by atoms with van der Waals surface area (Å²) < 4.78 is 2.29. The molecule has 0 saturated carbocycles. The lowest BCUT2D eigenvalue weighted by Gasteiger charge is -2.17. The second-order valence-corrected chi connectivity index (χ2v) is 8.25. The van der Waals surface area contributed by atoms with Gasteiger partial charge in [0.05, 0.1) is 16.8 Å². The van der Waals surface area contributed by atoms with Crippen LogP contribution in [-0.4, -0.2) is 27.8 Å². The Morgan fingerprint density at radius 3 is 2.79 bits per heavy atom. The van der Waals surface area contributed by atoms with E-state index in [9.17, 15) is 4.79 Å². The summed E-state index contributed by atoms with van der Waals surface area (Å²) in [6.07, 6.45) is 5.83. The fraction of sp³-hybridized carbons (Fsp3) is 0.391. The second kappa shape index (κ2) is 8.82. The zero-order valence-electron chi connectivity index (χ0n) is 16.4. The van der Waals surface area contributed by atoms with Crippen molar-refractivity contribution >= 4 is 34.4 Å². The first-order chi connectivity index (χ1) is 13.8. The van der Waals surface area contributed by atoms with Gasteiger partial charge in [0.1, 0.15) is 0 Å². The number of anilines is 1. The number of carbonyl (C=O) groups excluding carboxylic acids is 1. The van der Waals surface area contributed by atoms with Gasteiger partial charge >= 0.3 is 0 Å². The van der Waals surface area contributed by atoms with Gasteiger partial charge in [0, 0.05) is 18.8 Å². The average molecular weight is 394 g/mol. The van der Waals surface area contributed by atoms with Crippen LogP contribution in [0.15, 0.2) is 53.7 Å². The molecule has 1 aromatic heterocycles. The lowest BCUT2D eigenvalue weighted by atomic mass is 10.2. The Bertz CT molecular complexity index is 965. The van der Waals surface area contributed by atoms with Crippen LogP contribution in [-0.2, 0) is 17.8 Å². The van der Waals surface area contributed by atoms with Crippen LogP contribution in [0.25, 0.3) is 11.0 Å². The molecule has 0 unspecified atom stereocenters. The SMILES string of the molecule is CCCCCCn1c(SCC(=O)N2CCc3ccccc32)nc2ccccc21. The lowest BCUT2D eigenvalue weighted by molar-refractivity contribution is -0.116. The summed E-state index contributed by atoms with van der Waals surface area (Å²) in [4.78, 5) is 19.6. The highest BCUT2D eigenvalue weighted by atomic mass is 32.2. The molecule has 5 heteroatoms. The number of hydrogen-bond donors (Lipinski definition) is 0. The molecule has 0 spiro atoms. The summed E-state index contributed by atoms with van der Waals surface area (Å²) >= 11 is 1.57. The third kappa shape index (κ3) is 3.95. The van der Waals surface area contributed by atoms with Crippen molar-refractivity contribution in [3.8, 4) is 0 Å². The van der Waals surface area contributed by atoms with Gasteiger partial charge in [-0.3, -0.25) is 4.79 Å². The van der Waals surface area contributed by atoms with Gasteiger partial charge in [-0.1, -0.05) is 68.3 Å². The third-order valence-electron chi connectivity index (χ3n) is 5.37. The monoisotopic (exact) mass is 393 g/mol. The molecular weight excluding hydrogens is 366 g/mol. The molecule has 1 aliphatic heterocycles. The summed E-state index contributed by atoms with van der Waals surface area (Å²) in [5, 5.41) is 0.957. The largest absolute Gasteiger partial charge is 0.319 e. The summed E-state index contributed by atoms with van der Waals surface area (Å²) in [5.74, 6) is 0.589. The zero-order valence-corrected chi connectivity index (χ0v) is 17.3. The molecule has 28 heavy (non-hydrogen) atoms. The Balaban J connectivity index is 1.47. The predicted octanol–water partition coefficient (Wildman–Crippen LogP) is 5.30. The number of amides is 1. The van der Waals surface area contributed by atoms with Gasteiger partial charge in [0.2, 0.25) is 5.91 Å². The normalized spacial score (nSPS) is 13.2. The molecule has 0 bridgehead atoms. The first-order valence-corrected chi connectivity index (χ1v) is 11.2. The van der Waals surface area contributed by atoms with Crippen LogP contribution in [0.3, 0.4) is 0 Å². The molecule has 0 saturated heterocycles. The molecule has 4 rings (SSSR count). The van der Waals surface area contributed by atoms with Crippen LogP contribution in [0.4, 0.5) is 5.69 Å². The zero-order chi connectivity index (χ0) is 19.3. The number of benzene rings is 2. The molecule has 0 fully saturated rings. The molecule has 1 amide bonds. The molecule has 2 heterocycles. The Hall–Kier alpha value is -2.27. The number of imidazole rings is 1. The van der Waals surface area contributed by atoms with Gasteiger partial charge in [0.25, 0.3) is 0 Å². The van der Waals surface area contributed by atoms with Gasteiger partial charge in [-0.15, -0.1) is 0 Å². The number of carbonyl (C=O) groups is 1. The molecule has 4 nitrogen and oxygen atoms in total.